The maximum Gasteiger partial charge on any atom is 0.271 e. The first-order valence-electron chi connectivity index (χ1n) is 6.66. The van der Waals surface area contributed by atoms with E-state index >= 15 is 0 Å². The molecular weight excluding hydrogens is 248 g/mol. The van der Waals surface area contributed by atoms with Crippen LogP contribution in [-0.2, 0) is 0 Å². The third-order valence-electron chi connectivity index (χ3n) is 2.79. The van der Waals surface area contributed by atoms with Crippen LogP contribution < -0.4 is 5.43 Å². The monoisotopic (exact) mass is 266 g/mol. The van der Waals surface area contributed by atoms with Crippen LogP contribution in [0.2, 0.25) is 0 Å². The Hall–Kier alpha value is -2.42. The number of rotatable bonds is 4. The Morgan fingerprint density at radius 2 is 1.60 bits per heavy atom. The highest BCUT2D eigenvalue weighted by Gasteiger charge is 2.04. The van der Waals surface area contributed by atoms with Crippen molar-refractivity contribution in [1.82, 2.24) is 5.43 Å². The first-order valence-corrected chi connectivity index (χ1v) is 6.66. The maximum absolute atomic E-state index is 11.8. The average molecular weight is 266 g/mol. The molecule has 20 heavy (non-hydrogen) atoms. The van der Waals surface area contributed by atoms with Crippen molar-refractivity contribution in [2.24, 2.45) is 11.0 Å². The minimum Gasteiger partial charge on any atom is -0.267 e. The fourth-order valence-corrected chi connectivity index (χ4v) is 1.75. The number of benzene rings is 2. The topological polar surface area (TPSA) is 41.5 Å². The highest BCUT2D eigenvalue weighted by Crippen LogP contribution is 2.19. The minimum absolute atomic E-state index is 0.193. The maximum atomic E-state index is 11.8. The lowest BCUT2D eigenvalue weighted by Crippen LogP contribution is -2.17. The third-order valence-corrected chi connectivity index (χ3v) is 2.79. The molecule has 0 saturated carbocycles. The molecule has 0 fully saturated rings. The van der Waals surface area contributed by atoms with Gasteiger partial charge in [-0.25, -0.2) is 5.43 Å². The molecule has 102 valence electrons. The molecule has 0 unspecified atom stereocenters. The Morgan fingerprint density at radius 3 is 2.20 bits per heavy atom. The van der Waals surface area contributed by atoms with E-state index < -0.39 is 0 Å². The molecule has 2 aromatic rings. The summed E-state index contributed by atoms with van der Waals surface area (Å²) in [6.45, 7) is 4.01. The molecule has 0 spiro atoms. The van der Waals surface area contributed by atoms with Crippen molar-refractivity contribution in [3.63, 3.8) is 0 Å². The second-order valence-corrected chi connectivity index (χ2v) is 4.91. The van der Waals surface area contributed by atoms with Crippen LogP contribution >= 0.6 is 0 Å². The van der Waals surface area contributed by atoms with Gasteiger partial charge in [0.05, 0.1) is 0 Å². The number of carbonyl (C=O) groups excluding carboxylic acids is 1. The van der Waals surface area contributed by atoms with E-state index in [0.717, 1.165) is 11.1 Å². The number of amides is 1. The van der Waals surface area contributed by atoms with Gasteiger partial charge in [-0.2, -0.15) is 5.10 Å². The molecule has 0 radical (unpaired) electrons. The van der Waals surface area contributed by atoms with Crippen molar-refractivity contribution in [3.8, 4) is 11.1 Å². The molecule has 2 rings (SSSR count). The molecule has 3 heteroatoms. The van der Waals surface area contributed by atoms with Gasteiger partial charge in [-0.15, -0.1) is 0 Å². The van der Waals surface area contributed by atoms with Gasteiger partial charge < -0.3 is 0 Å². The van der Waals surface area contributed by atoms with Crippen molar-refractivity contribution in [2.45, 2.75) is 13.8 Å². The van der Waals surface area contributed by atoms with E-state index in [1.807, 2.05) is 68.4 Å². The summed E-state index contributed by atoms with van der Waals surface area (Å²) in [5.41, 5.74) is 5.35. The highest BCUT2D eigenvalue weighted by atomic mass is 16.2. The Morgan fingerprint density at radius 1 is 1.00 bits per heavy atom. The van der Waals surface area contributed by atoms with E-state index in [1.165, 1.54) is 0 Å². The molecule has 0 aliphatic carbocycles. The van der Waals surface area contributed by atoms with E-state index in [1.54, 1.807) is 6.21 Å². The van der Waals surface area contributed by atoms with Crippen LogP contribution in [0, 0.1) is 5.92 Å². The lowest BCUT2D eigenvalue weighted by atomic mass is 10.0. The van der Waals surface area contributed by atoms with Crippen molar-refractivity contribution in [1.29, 1.82) is 0 Å². The molecular formula is C17H18N2O. The fraction of sp³-hybridized carbons (Fsp3) is 0.176. The van der Waals surface area contributed by atoms with Gasteiger partial charge >= 0.3 is 0 Å². The molecule has 3 nitrogen and oxygen atoms in total. The first kappa shape index (κ1) is 14.0. The summed E-state index contributed by atoms with van der Waals surface area (Å²) in [5.74, 6) is 0.122. The van der Waals surface area contributed by atoms with Crippen molar-refractivity contribution < 1.29 is 4.79 Å². The van der Waals surface area contributed by atoms with Gasteiger partial charge in [0.1, 0.15) is 0 Å². The predicted octanol–water partition coefficient (Wildman–Crippen LogP) is 3.73. The number of hydrogen-bond donors (Lipinski definition) is 1. The quantitative estimate of drug-likeness (QED) is 0.665. The molecule has 0 aliphatic rings. The first-order chi connectivity index (χ1) is 9.66. The fourth-order valence-electron chi connectivity index (χ4n) is 1.75. The Bertz CT molecular complexity index is 586. The van der Waals surface area contributed by atoms with Gasteiger partial charge in [-0.3, -0.25) is 4.79 Å². The van der Waals surface area contributed by atoms with Gasteiger partial charge in [-0.05, 0) is 29.2 Å². The van der Waals surface area contributed by atoms with Crippen LogP contribution in [0.15, 0.2) is 59.7 Å². The van der Waals surface area contributed by atoms with Crippen LogP contribution in [0.5, 0.6) is 0 Å². The molecule has 0 aliphatic heterocycles. The number of nitrogens with zero attached hydrogens (tertiary/aromatic N) is 1. The van der Waals surface area contributed by atoms with Gasteiger partial charge in [0, 0.05) is 11.8 Å². The van der Waals surface area contributed by atoms with Crippen LogP contribution in [0.4, 0.5) is 0 Å². The van der Waals surface area contributed by atoms with E-state index in [0.29, 0.717) is 11.5 Å². The van der Waals surface area contributed by atoms with E-state index in [4.69, 9.17) is 0 Å². The zero-order valence-electron chi connectivity index (χ0n) is 11.7. The van der Waals surface area contributed by atoms with Crippen LogP contribution in [-0.4, -0.2) is 12.1 Å². The highest BCUT2D eigenvalue weighted by molar-refractivity contribution is 5.94. The molecule has 0 bridgehead atoms. The van der Waals surface area contributed by atoms with Gasteiger partial charge in [-0.1, -0.05) is 56.3 Å². The standard InChI is InChI=1S/C17H18N2O/c1-13(2)12-18-19-17(20)16-10-8-15(9-11-16)14-6-4-3-5-7-14/h3-13H,1-2H3,(H,19,20). The molecule has 1 N–H and O–H groups in total. The molecule has 1 amide bonds. The van der Waals surface area contributed by atoms with E-state index in [2.05, 4.69) is 10.5 Å². The summed E-state index contributed by atoms with van der Waals surface area (Å²) in [5, 5.41) is 3.90. The third kappa shape index (κ3) is 3.79. The Kier molecular flexibility index (Phi) is 4.66. The summed E-state index contributed by atoms with van der Waals surface area (Å²) in [6.07, 6.45) is 1.70. The molecule has 0 aromatic heterocycles. The number of hydrogen-bond acceptors (Lipinski definition) is 2. The van der Waals surface area contributed by atoms with E-state index in [-0.39, 0.29) is 5.91 Å². The molecule has 2 aromatic carbocycles. The average Bonchev–Trinajstić information content (AvgIpc) is 2.48. The zero-order chi connectivity index (χ0) is 14.4. The number of hydrazone groups is 1. The summed E-state index contributed by atoms with van der Waals surface area (Å²) >= 11 is 0. The Balaban J connectivity index is 2.07. The molecule has 0 saturated heterocycles. The Labute approximate surface area is 119 Å². The predicted molar refractivity (Wildman–Crippen MR) is 82.7 cm³/mol. The summed E-state index contributed by atoms with van der Waals surface area (Å²) in [7, 11) is 0. The normalized spacial score (nSPS) is 10.9. The van der Waals surface area contributed by atoms with Gasteiger partial charge in [0.15, 0.2) is 0 Å². The largest absolute Gasteiger partial charge is 0.271 e. The van der Waals surface area contributed by atoms with Crippen LogP contribution in [0.25, 0.3) is 11.1 Å². The second-order valence-electron chi connectivity index (χ2n) is 4.91. The van der Waals surface area contributed by atoms with Gasteiger partial charge in [0.2, 0.25) is 0 Å². The summed E-state index contributed by atoms with van der Waals surface area (Å²) < 4.78 is 0. The summed E-state index contributed by atoms with van der Waals surface area (Å²) in [6, 6.07) is 17.6. The lowest BCUT2D eigenvalue weighted by Gasteiger charge is -2.04. The zero-order valence-corrected chi connectivity index (χ0v) is 11.7. The SMILES string of the molecule is CC(C)C=NNC(=O)c1ccc(-c2ccccc2)cc1. The lowest BCUT2D eigenvalue weighted by molar-refractivity contribution is 0.0955. The van der Waals surface area contributed by atoms with Crippen LogP contribution in [0.1, 0.15) is 24.2 Å². The van der Waals surface area contributed by atoms with Crippen molar-refractivity contribution >= 4 is 12.1 Å². The number of nitrogens with one attached hydrogen (secondary N) is 1. The molecule has 0 heterocycles. The molecule has 0 atom stereocenters. The van der Waals surface area contributed by atoms with Crippen LogP contribution in [0.3, 0.4) is 0 Å². The van der Waals surface area contributed by atoms with Gasteiger partial charge in [0.25, 0.3) is 5.91 Å². The van der Waals surface area contributed by atoms with E-state index in [9.17, 15) is 4.79 Å². The van der Waals surface area contributed by atoms with Crippen molar-refractivity contribution in [3.05, 3.63) is 60.2 Å². The van der Waals surface area contributed by atoms with Crippen molar-refractivity contribution in [2.75, 3.05) is 0 Å². The minimum atomic E-state index is -0.193. The summed E-state index contributed by atoms with van der Waals surface area (Å²) in [4.78, 5) is 11.8. The number of carbonyl (C=O) groups is 1. The smallest absolute Gasteiger partial charge is 0.267 e. The second kappa shape index (κ2) is 6.66.